The summed E-state index contributed by atoms with van der Waals surface area (Å²) in [6.07, 6.45) is 4.99. The third-order valence-corrected chi connectivity index (χ3v) is 5.07. The Morgan fingerprint density at radius 2 is 1.56 bits per heavy atom. The van der Waals surface area contributed by atoms with Gasteiger partial charge >= 0.3 is 0 Å². The number of nitrogens with zero attached hydrogens (tertiary/aromatic N) is 1. The van der Waals surface area contributed by atoms with Gasteiger partial charge in [-0.05, 0) is 61.2 Å². The van der Waals surface area contributed by atoms with Gasteiger partial charge in [-0.2, -0.15) is 0 Å². The first-order valence-corrected chi connectivity index (χ1v) is 10.0. The average Bonchev–Trinajstić information content (AvgIpc) is 2.73. The van der Waals surface area contributed by atoms with E-state index in [1.807, 2.05) is 24.3 Å². The number of rotatable bonds is 8. The molecule has 2 aromatic rings. The summed E-state index contributed by atoms with van der Waals surface area (Å²) < 4.78 is 5.54. The first-order valence-electron chi connectivity index (χ1n) is 10.0. The van der Waals surface area contributed by atoms with Crippen LogP contribution in [0.3, 0.4) is 0 Å². The van der Waals surface area contributed by atoms with Crippen LogP contribution in [0, 0.1) is 0 Å². The monoisotopic (exact) mass is 366 g/mol. The average molecular weight is 367 g/mol. The molecule has 144 valence electrons. The molecule has 1 N–H and O–H groups in total. The summed E-state index contributed by atoms with van der Waals surface area (Å²) in [6, 6.07) is 16.4. The summed E-state index contributed by atoms with van der Waals surface area (Å²) in [5.41, 5.74) is 3.71. The summed E-state index contributed by atoms with van der Waals surface area (Å²) in [7, 11) is 0. The van der Waals surface area contributed by atoms with E-state index in [1.165, 1.54) is 43.5 Å². The molecule has 4 nitrogen and oxygen atoms in total. The van der Waals surface area contributed by atoms with Gasteiger partial charge in [0.1, 0.15) is 5.75 Å². The molecule has 1 heterocycles. The van der Waals surface area contributed by atoms with Crippen molar-refractivity contribution in [1.29, 1.82) is 0 Å². The number of amides is 1. The Morgan fingerprint density at radius 3 is 2.22 bits per heavy atom. The van der Waals surface area contributed by atoms with E-state index < -0.39 is 0 Å². The van der Waals surface area contributed by atoms with E-state index in [0.717, 1.165) is 24.3 Å². The zero-order valence-electron chi connectivity index (χ0n) is 16.2. The lowest BCUT2D eigenvalue weighted by molar-refractivity contribution is -0.123. The van der Waals surface area contributed by atoms with Crippen molar-refractivity contribution in [3.63, 3.8) is 0 Å². The molecule has 0 saturated carbocycles. The Morgan fingerprint density at radius 1 is 0.926 bits per heavy atom. The van der Waals surface area contributed by atoms with Crippen LogP contribution in [-0.2, 0) is 24.3 Å². The standard InChI is InChI=1S/C23H30N2O2/c1-2-19-10-12-22(13-11-19)27-18-23(26)24-16-20-6-8-21(9-7-20)17-25-14-4-3-5-15-25/h6-13H,2-5,14-18H2,1H3,(H,24,26). The number of aryl methyl sites for hydroxylation is 1. The van der Waals surface area contributed by atoms with E-state index in [-0.39, 0.29) is 12.5 Å². The van der Waals surface area contributed by atoms with Gasteiger partial charge in [0.2, 0.25) is 0 Å². The van der Waals surface area contributed by atoms with Crippen LogP contribution in [0.15, 0.2) is 48.5 Å². The first kappa shape index (κ1) is 19.4. The minimum absolute atomic E-state index is 0.0402. The fourth-order valence-electron chi connectivity index (χ4n) is 3.36. The third kappa shape index (κ3) is 6.40. The number of likely N-dealkylation sites (tertiary alicyclic amines) is 1. The number of hydrogen-bond acceptors (Lipinski definition) is 3. The molecule has 1 saturated heterocycles. The maximum Gasteiger partial charge on any atom is 0.258 e. The van der Waals surface area contributed by atoms with Gasteiger partial charge in [0.15, 0.2) is 6.61 Å². The van der Waals surface area contributed by atoms with Crippen LogP contribution in [0.2, 0.25) is 0 Å². The van der Waals surface area contributed by atoms with E-state index in [4.69, 9.17) is 4.74 Å². The van der Waals surface area contributed by atoms with Gasteiger partial charge in [0.05, 0.1) is 0 Å². The van der Waals surface area contributed by atoms with Crippen LogP contribution < -0.4 is 10.1 Å². The zero-order chi connectivity index (χ0) is 18.9. The Bertz CT molecular complexity index is 704. The molecule has 0 bridgehead atoms. The van der Waals surface area contributed by atoms with Crippen LogP contribution in [-0.4, -0.2) is 30.5 Å². The number of carbonyl (C=O) groups excluding carboxylic acids is 1. The smallest absolute Gasteiger partial charge is 0.258 e. The lowest BCUT2D eigenvalue weighted by Gasteiger charge is -2.26. The highest BCUT2D eigenvalue weighted by molar-refractivity contribution is 5.77. The molecule has 1 aliphatic heterocycles. The molecule has 2 aromatic carbocycles. The van der Waals surface area contributed by atoms with E-state index in [2.05, 4.69) is 41.4 Å². The molecule has 3 rings (SSSR count). The minimum atomic E-state index is -0.105. The van der Waals surface area contributed by atoms with Crippen molar-refractivity contribution >= 4 is 5.91 Å². The number of nitrogens with one attached hydrogen (secondary N) is 1. The van der Waals surface area contributed by atoms with Crippen LogP contribution in [0.1, 0.15) is 42.9 Å². The van der Waals surface area contributed by atoms with Crippen LogP contribution in [0.5, 0.6) is 5.75 Å². The third-order valence-electron chi connectivity index (χ3n) is 5.07. The van der Waals surface area contributed by atoms with Crippen molar-refractivity contribution < 1.29 is 9.53 Å². The number of hydrogen-bond donors (Lipinski definition) is 1. The summed E-state index contributed by atoms with van der Waals surface area (Å²) >= 11 is 0. The summed E-state index contributed by atoms with van der Waals surface area (Å²) in [4.78, 5) is 14.5. The predicted octanol–water partition coefficient (Wildman–Crippen LogP) is 3.93. The summed E-state index contributed by atoms with van der Waals surface area (Å²) in [5, 5.41) is 2.92. The summed E-state index contributed by atoms with van der Waals surface area (Å²) in [6.45, 7) is 6.12. The van der Waals surface area contributed by atoms with Gasteiger partial charge in [0, 0.05) is 13.1 Å². The fraction of sp³-hybridized carbons (Fsp3) is 0.435. The van der Waals surface area contributed by atoms with Gasteiger partial charge in [-0.15, -0.1) is 0 Å². The fourth-order valence-corrected chi connectivity index (χ4v) is 3.36. The highest BCUT2D eigenvalue weighted by Gasteiger charge is 2.10. The van der Waals surface area contributed by atoms with E-state index in [0.29, 0.717) is 6.54 Å². The van der Waals surface area contributed by atoms with Crippen molar-refractivity contribution in [2.24, 2.45) is 0 Å². The molecule has 1 aliphatic rings. The largest absolute Gasteiger partial charge is 0.484 e. The number of carbonyl (C=O) groups is 1. The Labute approximate surface area is 162 Å². The molecule has 0 aliphatic carbocycles. The molecule has 1 amide bonds. The molecule has 0 atom stereocenters. The Balaban J connectivity index is 1.38. The van der Waals surface area contributed by atoms with Gasteiger partial charge in [-0.25, -0.2) is 0 Å². The highest BCUT2D eigenvalue weighted by Crippen LogP contribution is 2.14. The molecule has 1 fully saturated rings. The molecule has 27 heavy (non-hydrogen) atoms. The first-order chi connectivity index (χ1) is 13.2. The molecule has 0 unspecified atom stereocenters. The molecule has 0 radical (unpaired) electrons. The second kappa shape index (κ2) is 10.1. The normalized spacial score (nSPS) is 14.7. The second-order valence-corrected chi connectivity index (χ2v) is 7.22. The van der Waals surface area contributed by atoms with E-state index >= 15 is 0 Å². The number of ether oxygens (including phenoxy) is 1. The molecular formula is C23H30N2O2. The SMILES string of the molecule is CCc1ccc(OCC(=O)NCc2ccc(CN3CCCCC3)cc2)cc1. The van der Waals surface area contributed by atoms with Crippen molar-refractivity contribution in [2.75, 3.05) is 19.7 Å². The van der Waals surface area contributed by atoms with E-state index in [1.54, 1.807) is 0 Å². The van der Waals surface area contributed by atoms with Crippen LogP contribution in [0.4, 0.5) is 0 Å². The molecule has 4 heteroatoms. The van der Waals surface area contributed by atoms with Gasteiger partial charge in [0.25, 0.3) is 5.91 Å². The lowest BCUT2D eigenvalue weighted by atomic mass is 10.1. The molecule has 0 spiro atoms. The second-order valence-electron chi connectivity index (χ2n) is 7.22. The van der Waals surface area contributed by atoms with E-state index in [9.17, 15) is 4.79 Å². The molecular weight excluding hydrogens is 336 g/mol. The molecule has 0 aromatic heterocycles. The number of piperidine rings is 1. The maximum absolute atomic E-state index is 12.0. The van der Waals surface area contributed by atoms with Crippen molar-refractivity contribution in [3.8, 4) is 5.75 Å². The van der Waals surface area contributed by atoms with Crippen molar-refractivity contribution in [3.05, 3.63) is 65.2 Å². The highest BCUT2D eigenvalue weighted by atomic mass is 16.5. The van der Waals surface area contributed by atoms with Gasteiger partial charge < -0.3 is 10.1 Å². The van der Waals surface area contributed by atoms with Crippen molar-refractivity contribution in [1.82, 2.24) is 10.2 Å². The minimum Gasteiger partial charge on any atom is -0.484 e. The maximum atomic E-state index is 12.0. The van der Waals surface area contributed by atoms with Crippen LogP contribution >= 0.6 is 0 Å². The lowest BCUT2D eigenvalue weighted by Crippen LogP contribution is -2.29. The topological polar surface area (TPSA) is 41.6 Å². The number of benzene rings is 2. The Hall–Kier alpha value is -2.33. The predicted molar refractivity (Wildman–Crippen MR) is 109 cm³/mol. The zero-order valence-corrected chi connectivity index (χ0v) is 16.2. The summed E-state index contributed by atoms with van der Waals surface area (Å²) in [5.74, 6) is 0.622. The van der Waals surface area contributed by atoms with Gasteiger partial charge in [-0.3, -0.25) is 9.69 Å². The quantitative estimate of drug-likeness (QED) is 0.770. The Kier molecular flexibility index (Phi) is 7.28. The van der Waals surface area contributed by atoms with Gasteiger partial charge in [-0.1, -0.05) is 49.7 Å². The van der Waals surface area contributed by atoms with Crippen molar-refractivity contribution in [2.45, 2.75) is 45.7 Å². The van der Waals surface area contributed by atoms with Crippen LogP contribution in [0.25, 0.3) is 0 Å².